The number of ether oxygens (including phenoxy) is 2. The Morgan fingerprint density at radius 2 is 1.87 bits per heavy atom. The molecule has 0 spiro atoms. The number of anilines is 1. The van der Waals surface area contributed by atoms with Crippen LogP contribution in [0.15, 0.2) is 85.6 Å². The zero-order chi connectivity index (χ0) is 21.2. The number of allylic oxidation sites excluding steroid dienone is 1. The summed E-state index contributed by atoms with van der Waals surface area (Å²) in [5.74, 6) is 1.01. The van der Waals surface area contributed by atoms with Crippen LogP contribution in [0.25, 0.3) is 0 Å². The van der Waals surface area contributed by atoms with Crippen molar-refractivity contribution in [3.63, 3.8) is 0 Å². The summed E-state index contributed by atoms with van der Waals surface area (Å²) in [6.45, 7) is 4.18. The molecule has 0 aliphatic heterocycles. The SMILES string of the molecule is C=CCc1ccc(OCC(=O)N(CCc2ccccn2)c2ccccc2)c(OC)c1. The fourth-order valence-corrected chi connectivity index (χ4v) is 3.12. The fourth-order valence-electron chi connectivity index (χ4n) is 3.12. The van der Waals surface area contributed by atoms with Gasteiger partial charge >= 0.3 is 0 Å². The van der Waals surface area contributed by atoms with E-state index in [9.17, 15) is 4.79 Å². The van der Waals surface area contributed by atoms with E-state index < -0.39 is 0 Å². The predicted molar refractivity (Wildman–Crippen MR) is 119 cm³/mol. The summed E-state index contributed by atoms with van der Waals surface area (Å²) in [6.07, 6.45) is 4.99. The Labute approximate surface area is 177 Å². The lowest BCUT2D eigenvalue weighted by Gasteiger charge is -2.23. The number of aromatic nitrogens is 1. The van der Waals surface area contributed by atoms with E-state index in [0.29, 0.717) is 24.5 Å². The maximum atomic E-state index is 13.0. The van der Waals surface area contributed by atoms with Gasteiger partial charge in [0.1, 0.15) is 0 Å². The van der Waals surface area contributed by atoms with E-state index in [1.54, 1.807) is 18.2 Å². The first-order valence-corrected chi connectivity index (χ1v) is 9.87. The van der Waals surface area contributed by atoms with Crippen LogP contribution in [0.3, 0.4) is 0 Å². The van der Waals surface area contributed by atoms with Crippen LogP contribution < -0.4 is 14.4 Å². The lowest BCUT2D eigenvalue weighted by atomic mass is 10.1. The molecule has 154 valence electrons. The maximum Gasteiger partial charge on any atom is 0.264 e. The number of rotatable bonds is 10. The second-order valence-electron chi connectivity index (χ2n) is 6.72. The number of methoxy groups -OCH3 is 1. The minimum absolute atomic E-state index is 0.0890. The zero-order valence-electron chi connectivity index (χ0n) is 17.2. The number of nitrogens with zero attached hydrogens (tertiary/aromatic N) is 2. The van der Waals surface area contributed by atoms with Gasteiger partial charge in [0.2, 0.25) is 0 Å². The van der Waals surface area contributed by atoms with Gasteiger partial charge in [-0.05, 0) is 48.4 Å². The van der Waals surface area contributed by atoms with Gasteiger partial charge < -0.3 is 14.4 Å². The van der Waals surface area contributed by atoms with Gasteiger partial charge in [0.05, 0.1) is 7.11 Å². The molecule has 30 heavy (non-hydrogen) atoms. The van der Waals surface area contributed by atoms with Crippen LogP contribution in [0, 0.1) is 0 Å². The van der Waals surface area contributed by atoms with Gasteiger partial charge in [-0.25, -0.2) is 0 Å². The summed E-state index contributed by atoms with van der Waals surface area (Å²) in [6, 6.07) is 21.0. The fraction of sp³-hybridized carbons (Fsp3) is 0.200. The van der Waals surface area contributed by atoms with E-state index in [1.807, 2.05) is 72.8 Å². The smallest absolute Gasteiger partial charge is 0.264 e. The highest BCUT2D eigenvalue weighted by atomic mass is 16.5. The van der Waals surface area contributed by atoms with Gasteiger partial charge in [-0.2, -0.15) is 0 Å². The van der Waals surface area contributed by atoms with E-state index in [-0.39, 0.29) is 12.5 Å². The summed E-state index contributed by atoms with van der Waals surface area (Å²) in [5, 5.41) is 0. The molecule has 5 heteroatoms. The molecule has 0 fully saturated rings. The number of para-hydroxylation sites is 1. The van der Waals surface area contributed by atoms with Gasteiger partial charge in [-0.1, -0.05) is 36.4 Å². The summed E-state index contributed by atoms with van der Waals surface area (Å²) < 4.78 is 11.2. The Morgan fingerprint density at radius 1 is 1.07 bits per heavy atom. The molecule has 0 aliphatic rings. The first-order chi connectivity index (χ1) is 14.7. The normalized spacial score (nSPS) is 10.3. The summed E-state index contributed by atoms with van der Waals surface area (Å²) in [4.78, 5) is 19.1. The second-order valence-corrected chi connectivity index (χ2v) is 6.72. The molecule has 0 N–H and O–H groups in total. The van der Waals surface area contributed by atoms with E-state index in [4.69, 9.17) is 9.47 Å². The largest absolute Gasteiger partial charge is 0.493 e. The minimum atomic E-state index is -0.130. The molecule has 0 saturated heterocycles. The predicted octanol–water partition coefficient (Wildman–Crippen LogP) is 4.47. The molecular weight excluding hydrogens is 376 g/mol. The Balaban J connectivity index is 1.71. The monoisotopic (exact) mass is 402 g/mol. The van der Waals surface area contributed by atoms with Crippen molar-refractivity contribution in [2.45, 2.75) is 12.8 Å². The van der Waals surface area contributed by atoms with Crippen LogP contribution in [0.1, 0.15) is 11.3 Å². The zero-order valence-corrected chi connectivity index (χ0v) is 17.2. The number of hydrogen-bond donors (Lipinski definition) is 0. The van der Waals surface area contributed by atoms with Crippen LogP contribution in [0.4, 0.5) is 5.69 Å². The summed E-state index contributed by atoms with van der Waals surface area (Å²) >= 11 is 0. The van der Waals surface area contributed by atoms with Gasteiger partial charge in [0.15, 0.2) is 18.1 Å². The Kier molecular flexibility index (Phi) is 7.61. The standard InChI is InChI=1S/C25H26N2O3/c1-3-9-20-13-14-23(24(18-20)29-2)30-19-25(28)27(22-11-5-4-6-12-22)17-15-21-10-7-8-16-26-21/h3-8,10-14,16,18H,1,9,15,17,19H2,2H3. The van der Waals surface area contributed by atoms with Crippen LogP contribution in [-0.2, 0) is 17.6 Å². The molecule has 0 radical (unpaired) electrons. The number of carbonyl (C=O) groups excluding carboxylic acids is 1. The van der Waals surface area contributed by atoms with Gasteiger partial charge in [-0.15, -0.1) is 6.58 Å². The molecule has 5 nitrogen and oxygen atoms in total. The Bertz CT molecular complexity index is 959. The van der Waals surface area contributed by atoms with Crippen molar-refractivity contribution in [3.05, 3.63) is 96.8 Å². The van der Waals surface area contributed by atoms with Gasteiger partial charge in [0, 0.05) is 30.5 Å². The molecule has 0 bridgehead atoms. The van der Waals surface area contributed by atoms with E-state index in [1.165, 1.54) is 0 Å². The molecule has 3 aromatic rings. The van der Waals surface area contributed by atoms with Crippen molar-refractivity contribution in [1.82, 2.24) is 4.98 Å². The summed E-state index contributed by atoms with van der Waals surface area (Å²) in [7, 11) is 1.59. The van der Waals surface area contributed by atoms with E-state index in [2.05, 4.69) is 11.6 Å². The number of hydrogen-bond acceptors (Lipinski definition) is 4. The van der Waals surface area contributed by atoms with E-state index in [0.717, 1.165) is 23.4 Å². The average molecular weight is 402 g/mol. The first-order valence-electron chi connectivity index (χ1n) is 9.87. The molecule has 2 aromatic carbocycles. The van der Waals surface area contributed by atoms with Crippen molar-refractivity contribution in [2.24, 2.45) is 0 Å². The Morgan fingerprint density at radius 3 is 2.57 bits per heavy atom. The van der Waals surface area contributed by atoms with Crippen LogP contribution >= 0.6 is 0 Å². The van der Waals surface area contributed by atoms with Crippen LogP contribution in [-0.4, -0.2) is 31.2 Å². The molecule has 1 heterocycles. The number of carbonyl (C=O) groups is 1. The molecule has 3 rings (SSSR count). The number of amides is 1. The number of benzene rings is 2. The highest BCUT2D eigenvalue weighted by Gasteiger charge is 2.17. The average Bonchev–Trinajstić information content (AvgIpc) is 2.80. The quantitative estimate of drug-likeness (QED) is 0.470. The first kappa shape index (κ1) is 21.1. The minimum Gasteiger partial charge on any atom is -0.493 e. The third-order valence-corrected chi connectivity index (χ3v) is 4.65. The lowest BCUT2D eigenvalue weighted by molar-refractivity contribution is -0.120. The highest BCUT2D eigenvalue weighted by Crippen LogP contribution is 2.28. The van der Waals surface area contributed by atoms with Crippen LogP contribution in [0.2, 0.25) is 0 Å². The molecule has 1 amide bonds. The number of pyridine rings is 1. The Hall–Kier alpha value is -3.60. The van der Waals surface area contributed by atoms with Crippen LogP contribution in [0.5, 0.6) is 11.5 Å². The third kappa shape index (κ3) is 5.70. The van der Waals surface area contributed by atoms with Crippen molar-refractivity contribution >= 4 is 11.6 Å². The van der Waals surface area contributed by atoms with Crippen molar-refractivity contribution in [2.75, 3.05) is 25.2 Å². The summed E-state index contributed by atoms with van der Waals surface area (Å²) in [5.41, 5.74) is 2.84. The molecule has 0 aliphatic carbocycles. The van der Waals surface area contributed by atoms with Gasteiger partial charge in [0.25, 0.3) is 5.91 Å². The third-order valence-electron chi connectivity index (χ3n) is 4.65. The second kappa shape index (κ2) is 10.8. The highest BCUT2D eigenvalue weighted by molar-refractivity contribution is 5.94. The van der Waals surface area contributed by atoms with E-state index >= 15 is 0 Å². The van der Waals surface area contributed by atoms with Crippen molar-refractivity contribution in [3.8, 4) is 11.5 Å². The van der Waals surface area contributed by atoms with Crippen molar-refractivity contribution in [1.29, 1.82) is 0 Å². The molecular formula is C25H26N2O3. The molecule has 1 aromatic heterocycles. The van der Waals surface area contributed by atoms with Crippen molar-refractivity contribution < 1.29 is 14.3 Å². The molecule has 0 atom stereocenters. The van der Waals surface area contributed by atoms with Gasteiger partial charge in [-0.3, -0.25) is 9.78 Å². The molecule has 0 saturated carbocycles. The maximum absolute atomic E-state index is 13.0. The topological polar surface area (TPSA) is 51.7 Å². The lowest BCUT2D eigenvalue weighted by Crippen LogP contribution is -2.36. The molecule has 0 unspecified atom stereocenters.